The molecule has 0 spiro atoms. The largest absolute Gasteiger partial charge is 0.507 e. The topological polar surface area (TPSA) is 37.3 Å². The van der Waals surface area contributed by atoms with Gasteiger partial charge in [-0.05, 0) is 36.8 Å². The SMILES string of the molecule is CCCCc1ccc(CCCC)c(C=O)c1O. The van der Waals surface area contributed by atoms with E-state index >= 15 is 0 Å². The molecule has 0 atom stereocenters. The van der Waals surface area contributed by atoms with E-state index in [9.17, 15) is 9.90 Å². The van der Waals surface area contributed by atoms with Gasteiger partial charge in [0.1, 0.15) is 5.75 Å². The highest BCUT2D eigenvalue weighted by Crippen LogP contribution is 2.27. The average Bonchev–Trinajstić information content (AvgIpc) is 2.35. The molecule has 1 N–H and O–H groups in total. The molecule has 0 aliphatic carbocycles. The van der Waals surface area contributed by atoms with Gasteiger partial charge in [-0.15, -0.1) is 0 Å². The summed E-state index contributed by atoms with van der Waals surface area (Å²) in [5.41, 5.74) is 2.36. The van der Waals surface area contributed by atoms with Crippen molar-refractivity contribution in [2.75, 3.05) is 0 Å². The van der Waals surface area contributed by atoms with Gasteiger partial charge >= 0.3 is 0 Å². The van der Waals surface area contributed by atoms with Crippen LogP contribution in [0.1, 0.15) is 61.0 Å². The Bertz CT molecular complexity index is 369. The Hall–Kier alpha value is -1.31. The Morgan fingerprint density at radius 2 is 1.59 bits per heavy atom. The first-order valence-corrected chi connectivity index (χ1v) is 6.53. The minimum Gasteiger partial charge on any atom is -0.507 e. The molecule has 0 aromatic heterocycles. The number of hydrogen-bond donors (Lipinski definition) is 1. The summed E-state index contributed by atoms with van der Waals surface area (Å²) in [5, 5.41) is 10.1. The summed E-state index contributed by atoms with van der Waals surface area (Å²) in [6.07, 6.45) is 6.78. The van der Waals surface area contributed by atoms with E-state index in [1.165, 1.54) is 0 Å². The smallest absolute Gasteiger partial charge is 0.154 e. The van der Waals surface area contributed by atoms with Gasteiger partial charge in [-0.1, -0.05) is 38.8 Å². The fourth-order valence-electron chi connectivity index (χ4n) is 1.98. The molecule has 0 heterocycles. The van der Waals surface area contributed by atoms with Crippen molar-refractivity contribution in [3.8, 4) is 5.75 Å². The van der Waals surface area contributed by atoms with Crippen LogP contribution in [0, 0.1) is 0 Å². The average molecular weight is 234 g/mol. The van der Waals surface area contributed by atoms with Crippen LogP contribution >= 0.6 is 0 Å². The maximum Gasteiger partial charge on any atom is 0.154 e. The minimum atomic E-state index is 0.196. The zero-order valence-electron chi connectivity index (χ0n) is 10.8. The molecule has 17 heavy (non-hydrogen) atoms. The van der Waals surface area contributed by atoms with Gasteiger partial charge < -0.3 is 5.11 Å². The van der Waals surface area contributed by atoms with E-state index in [0.29, 0.717) is 5.56 Å². The molecule has 1 rings (SSSR count). The van der Waals surface area contributed by atoms with Gasteiger partial charge in [0.25, 0.3) is 0 Å². The maximum absolute atomic E-state index is 11.1. The number of hydrogen-bond acceptors (Lipinski definition) is 2. The van der Waals surface area contributed by atoms with Gasteiger partial charge in [0.2, 0.25) is 0 Å². The van der Waals surface area contributed by atoms with E-state index in [0.717, 1.165) is 55.9 Å². The molecule has 0 bridgehead atoms. The van der Waals surface area contributed by atoms with Crippen LogP contribution in [0.4, 0.5) is 0 Å². The maximum atomic E-state index is 11.1. The second-order valence-corrected chi connectivity index (χ2v) is 4.47. The van der Waals surface area contributed by atoms with E-state index in [1.54, 1.807) is 0 Å². The summed E-state index contributed by atoms with van der Waals surface area (Å²) in [6, 6.07) is 3.95. The number of unbranched alkanes of at least 4 members (excludes halogenated alkanes) is 2. The first kappa shape index (κ1) is 13.8. The lowest BCUT2D eigenvalue weighted by Crippen LogP contribution is -1.97. The van der Waals surface area contributed by atoms with Gasteiger partial charge in [0, 0.05) is 0 Å². The highest BCUT2D eigenvalue weighted by molar-refractivity contribution is 5.82. The van der Waals surface area contributed by atoms with Gasteiger partial charge in [-0.2, -0.15) is 0 Å². The number of aryl methyl sites for hydroxylation is 2. The number of benzene rings is 1. The fraction of sp³-hybridized carbons (Fsp3) is 0.533. The molecule has 0 aliphatic rings. The third kappa shape index (κ3) is 3.58. The number of aromatic hydroxyl groups is 1. The van der Waals surface area contributed by atoms with Gasteiger partial charge in [-0.25, -0.2) is 0 Å². The lowest BCUT2D eigenvalue weighted by molar-refractivity contribution is 0.112. The van der Waals surface area contributed by atoms with Gasteiger partial charge in [-0.3, -0.25) is 4.79 Å². The van der Waals surface area contributed by atoms with Crippen molar-refractivity contribution >= 4 is 6.29 Å². The Kier molecular flexibility index (Phi) is 5.75. The molecule has 2 nitrogen and oxygen atoms in total. The van der Waals surface area contributed by atoms with E-state index < -0.39 is 0 Å². The lowest BCUT2D eigenvalue weighted by atomic mass is 9.96. The standard InChI is InChI=1S/C15H22O2/c1-3-5-7-12-9-10-13(8-6-4-2)15(17)14(12)11-16/h9-11,17H,3-8H2,1-2H3. The van der Waals surface area contributed by atoms with Crippen molar-refractivity contribution in [2.24, 2.45) is 0 Å². The molecular formula is C15H22O2. The van der Waals surface area contributed by atoms with Gasteiger partial charge in [0.15, 0.2) is 6.29 Å². The highest BCUT2D eigenvalue weighted by atomic mass is 16.3. The fourth-order valence-corrected chi connectivity index (χ4v) is 1.98. The number of carbonyl (C=O) groups excluding carboxylic acids is 1. The predicted octanol–water partition coefficient (Wildman–Crippen LogP) is 3.89. The second kappa shape index (κ2) is 7.10. The third-order valence-corrected chi connectivity index (χ3v) is 3.11. The molecule has 0 saturated heterocycles. The number of phenolic OH excluding ortho intramolecular Hbond substituents is 1. The summed E-state index contributed by atoms with van der Waals surface area (Å²) in [6.45, 7) is 4.24. The van der Waals surface area contributed by atoms with Crippen LogP contribution in [0.15, 0.2) is 12.1 Å². The molecular weight excluding hydrogens is 212 g/mol. The third-order valence-electron chi connectivity index (χ3n) is 3.11. The molecule has 94 valence electrons. The molecule has 0 radical (unpaired) electrons. The molecule has 0 fully saturated rings. The van der Waals surface area contributed by atoms with Crippen LogP contribution in [0.5, 0.6) is 5.75 Å². The van der Waals surface area contributed by atoms with Crippen LogP contribution < -0.4 is 0 Å². The molecule has 2 heteroatoms. The number of phenols is 1. The van der Waals surface area contributed by atoms with E-state index in [1.807, 2.05) is 12.1 Å². The zero-order valence-corrected chi connectivity index (χ0v) is 10.8. The van der Waals surface area contributed by atoms with Crippen molar-refractivity contribution in [2.45, 2.75) is 52.4 Å². The first-order chi connectivity index (χ1) is 8.24. The monoisotopic (exact) mass is 234 g/mol. The summed E-state index contributed by atoms with van der Waals surface area (Å²) < 4.78 is 0. The Morgan fingerprint density at radius 3 is 2.12 bits per heavy atom. The summed E-state index contributed by atoms with van der Waals surface area (Å²) in [4.78, 5) is 11.1. The molecule has 1 aromatic carbocycles. The summed E-state index contributed by atoms with van der Waals surface area (Å²) in [7, 11) is 0. The number of aldehydes is 1. The van der Waals surface area contributed by atoms with Crippen molar-refractivity contribution in [3.63, 3.8) is 0 Å². The molecule has 0 saturated carbocycles. The molecule has 0 unspecified atom stereocenters. The molecule has 0 aliphatic heterocycles. The van der Waals surface area contributed by atoms with Crippen molar-refractivity contribution in [3.05, 3.63) is 28.8 Å². The van der Waals surface area contributed by atoms with Crippen LogP contribution in [0.3, 0.4) is 0 Å². The van der Waals surface area contributed by atoms with E-state index in [-0.39, 0.29) is 5.75 Å². The van der Waals surface area contributed by atoms with Crippen LogP contribution in [0.25, 0.3) is 0 Å². The Balaban J connectivity index is 2.95. The first-order valence-electron chi connectivity index (χ1n) is 6.53. The summed E-state index contributed by atoms with van der Waals surface area (Å²) >= 11 is 0. The number of rotatable bonds is 7. The highest BCUT2D eigenvalue weighted by Gasteiger charge is 2.11. The predicted molar refractivity (Wildman–Crippen MR) is 70.7 cm³/mol. The van der Waals surface area contributed by atoms with Crippen molar-refractivity contribution in [1.82, 2.24) is 0 Å². The second-order valence-electron chi connectivity index (χ2n) is 4.47. The lowest BCUT2D eigenvalue weighted by Gasteiger charge is -2.10. The number of carbonyl (C=O) groups is 1. The molecule has 1 aromatic rings. The van der Waals surface area contributed by atoms with Crippen LogP contribution in [0.2, 0.25) is 0 Å². The Morgan fingerprint density at radius 1 is 1.06 bits per heavy atom. The minimum absolute atomic E-state index is 0.196. The molecule has 0 amide bonds. The van der Waals surface area contributed by atoms with Crippen LogP contribution in [-0.2, 0) is 12.8 Å². The van der Waals surface area contributed by atoms with Gasteiger partial charge in [0.05, 0.1) is 5.56 Å². The van der Waals surface area contributed by atoms with E-state index in [2.05, 4.69) is 13.8 Å². The van der Waals surface area contributed by atoms with Crippen LogP contribution in [-0.4, -0.2) is 11.4 Å². The quantitative estimate of drug-likeness (QED) is 0.727. The van der Waals surface area contributed by atoms with Crippen molar-refractivity contribution < 1.29 is 9.90 Å². The zero-order chi connectivity index (χ0) is 12.7. The Labute approximate surface area is 104 Å². The van der Waals surface area contributed by atoms with Crippen molar-refractivity contribution in [1.29, 1.82) is 0 Å². The summed E-state index contributed by atoms with van der Waals surface area (Å²) in [5.74, 6) is 0.196. The normalized spacial score (nSPS) is 10.5. The van der Waals surface area contributed by atoms with E-state index in [4.69, 9.17) is 0 Å².